The first-order valence-electron chi connectivity index (χ1n) is 30.4. The molecule has 500 valence electrons. The lowest BCUT2D eigenvalue weighted by molar-refractivity contribution is -0.192. The van der Waals surface area contributed by atoms with Crippen LogP contribution in [-0.4, -0.2) is 155 Å². The molecule has 0 bridgehead atoms. The summed E-state index contributed by atoms with van der Waals surface area (Å²) in [5.74, 6) is -6.31. The first-order chi connectivity index (χ1) is 46.4. The van der Waals surface area contributed by atoms with Crippen molar-refractivity contribution in [3.8, 4) is 5.75 Å². The van der Waals surface area contributed by atoms with Crippen LogP contribution in [0.5, 0.6) is 5.75 Å². The maximum absolute atomic E-state index is 14.1. The highest BCUT2D eigenvalue weighted by atomic mass is 35.5. The molecule has 28 nitrogen and oxygen atoms in total. The molecule has 5 atom stereocenters. The Kier molecular flexibility index (Phi) is 22.3. The Bertz CT molecular complexity index is 4690. The number of likely N-dealkylation sites (N-methyl/N-ethyl adjacent to an activating group) is 1. The van der Waals surface area contributed by atoms with Gasteiger partial charge in [-0.25, -0.2) is 9.97 Å². The summed E-state index contributed by atoms with van der Waals surface area (Å²) in [6.07, 6.45) is 0.660. The summed E-state index contributed by atoms with van der Waals surface area (Å²) in [6.45, 7) is 3.93. The zero-order chi connectivity index (χ0) is 69.8. The largest absolute Gasteiger partial charge is 0.481 e. The molecule has 10 N–H and O–H groups in total. The number of nitrogens with zero attached hydrogens (tertiary/aromatic N) is 5. The number of nitrogens with one attached hydrogen (secondary N) is 6. The lowest BCUT2D eigenvalue weighted by Crippen LogP contribution is -2.44. The van der Waals surface area contributed by atoms with Gasteiger partial charge in [0.15, 0.2) is 22.7 Å². The molecule has 1 saturated heterocycles. The smallest absolute Gasteiger partial charge is 0.373 e. The van der Waals surface area contributed by atoms with Crippen LogP contribution in [0.1, 0.15) is 106 Å². The van der Waals surface area contributed by atoms with E-state index in [1.54, 1.807) is 29.2 Å². The number of aromatic nitrogens is 6. The van der Waals surface area contributed by atoms with E-state index in [4.69, 9.17) is 41.9 Å². The van der Waals surface area contributed by atoms with Crippen LogP contribution in [0.15, 0.2) is 114 Å². The Morgan fingerprint density at radius 2 is 1.42 bits per heavy atom. The first-order valence-corrected chi connectivity index (χ1v) is 30.9. The Balaban J connectivity index is 0.000000221. The number of fused-ring (bicyclic) bond motifs is 6. The summed E-state index contributed by atoms with van der Waals surface area (Å²) >= 11 is 6.44. The molecule has 6 heterocycles. The van der Waals surface area contributed by atoms with Gasteiger partial charge in [-0.05, 0) is 96.7 Å². The Hall–Kier alpha value is -11.6. The number of halogens is 1. The second kappa shape index (κ2) is 31.1. The molecule has 4 aromatic heterocycles. The number of esters is 1. The van der Waals surface area contributed by atoms with Crippen molar-refractivity contribution >= 4 is 138 Å². The number of rotatable bonds is 26. The molecule has 2 aliphatic rings. The number of carbonyl (C=O) groups is 10. The summed E-state index contributed by atoms with van der Waals surface area (Å²) in [6, 6.07) is 29.9. The van der Waals surface area contributed by atoms with E-state index in [-0.39, 0.29) is 78.1 Å². The molecule has 97 heavy (non-hydrogen) atoms. The van der Waals surface area contributed by atoms with Gasteiger partial charge in [0.2, 0.25) is 11.9 Å². The van der Waals surface area contributed by atoms with E-state index in [1.165, 1.54) is 25.3 Å². The number of anilines is 3. The molecule has 3 unspecified atom stereocenters. The normalized spacial score (nSPS) is 14.9. The molecule has 0 radical (unpaired) electrons. The van der Waals surface area contributed by atoms with E-state index in [2.05, 4.69) is 50.8 Å². The molecular formula is C68H65ClN12O16. The third-order valence-electron chi connectivity index (χ3n) is 16.2. The van der Waals surface area contributed by atoms with E-state index in [1.807, 2.05) is 73.8 Å². The maximum Gasteiger partial charge on any atom is 0.373 e. The third-order valence-corrected chi connectivity index (χ3v) is 16.6. The van der Waals surface area contributed by atoms with Gasteiger partial charge in [0, 0.05) is 127 Å². The first kappa shape index (κ1) is 69.7. The van der Waals surface area contributed by atoms with E-state index < -0.39 is 78.1 Å². The summed E-state index contributed by atoms with van der Waals surface area (Å²) in [4.78, 5) is 176. The highest BCUT2D eigenvalue weighted by Crippen LogP contribution is 2.46. The summed E-state index contributed by atoms with van der Waals surface area (Å²) < 4.78 is 5.57. The van der Waals surface area contributed by atoms with Gasteiger partial charge >= 0.3 is 24.1 Å². The molecule has 5 aromatic carbocycles. The van der Waals surface area contributed by atoms with Crippen LogP contribution in [0.3, 0.4) is 0 Å². The van der Waals surface area contributed by atoms with E-state index in [0.29, 0.717) is 65.5 Å². The van der Waals surface area contributed by atoms with Gasteiger partial charge < -0.3 is 56.4 Å². The van der Waals surface area contributed by atoms with Gasteiger partial charge in [-0.2, -0.15) is 14.6 Å². The number of nitrogen functional groups attached to an aromatic ring is 1. The number of aromatic amines is 3. The molecular weight excluding hydrogens is 1280 g/mol. The van der Waals surface area contributed by atoms with E-state index in [9.17, 15) is 52.7 Å². The van der Waals surface area contributed by atoms with E-state index in [0.717, 1.165) is 62.7 Å². The van der Waals surface area contributed by atoms with Gasteiger partial charge in [0.1, 0.15) is 23.0 Å². The Morgan fingerprint density at radius 3 is 2.05 bits per heavy atom. The predicted octanol–water partition coefficient (Wildman–Crippen LogP) is 5.99. The fourth-order valence-corrected chi connectivity index (χ4v) is 11.6. The van der Waals surface area contributed by atoms with Crippen molar-refractivity contribution in [1.82, 2.24) is 45.4 Å². The molecule has 0 saturated carbocycles. The number of hydrogen-bond acceptors (Lipinski definition) is 20. The molecule has 29 heteroatoms. The number of H-pyrrole nitrogens is 3. The number of aliphatic carboxylic acids is 2. The quantitative estimate of drug-likeness (QED) is 0.00987. The number of amides is 3. The van der Waals surface area contributed by atoms with Crippen LogP contribution >= 0.6 is 11.6 Å². The van der Waals surface area contributed by atoms with Crippen LogP contribution in [0, 0.1) is 5.92 Å². The van der Waals surface area contributed by atoms with Gasteiger partial charge in [-0.15, -0.1) is 11.6 Å². The lowest BCUT2D eigenvalue weighted by atomic mass is 9.91. The average Bonchev–Trinajstić information content (AvgIpc) is 1.74. The molecule has 3 amide bonds. The Morgan fingerprint density at radius 1 is 0.784 bits per heavy atom. The van der Waals surface area contributed by atoms with E-state index >= 15 is 0 Å². The average molecular weight is 1340 g/mol. The van der Waals surface area contributed by atoms with Crippen molar-refractivity contribution in [3.63, 3.8) is 0 Å². The highest BCUT2D eigenvalue weighted by Gasteiger charge is 2.37. The van der Waals surface area contributed by atoms with Crippen LogP contribution in [0.4, 0.5) is 17.3 Å². The monoisotopic (exact) mass is 1340 g/mol. The van der Waals surface area contributed by atoms with Crippen molar-refractivity contribution in [1.29, 1.82) is 0 Å². The number of ether oxygens (including phenoxy) is 1. The van der Waals surface area contributed by atoms with Crippen molar-refractivity contribution in [2.45, 2.75) is 83.3 Å². The van der Waals surface area contributed by atoms with Crippen LogP contribution in [0.25, 0.3) is 43.7 Å². The molecule has 1 fully saturated rings. The summed E-state index contributed by atoms with van der Waals surface area (Å²) in [5, 5.41) is 29.4. The number of ketones is 4. The van der Waals surface area contributed by atoms with Gasteiger partial charge in [0.05, 0.1) is 48.7 Å². The number of carboxylic acid groups (broad SMARTS) is 2. The predicted molar refractivity (Wildman–Crippen MR) is 353 cm³/mol. The van der Waals surface area contributed by atoms with Crippen molar-refractivity contribution in [2.75, 3.05) is 48.5 Å². The number of hydrogen-bond donors (Lipinski definition) is 9. The van der Waals surface area contributed by atoms with Gasteiger partial charge in [-0.3, -0.25) is 57.7 Å². The topological polar surface area (TPSA) is 426 Å². The molecule has 0 aliphatic carbocycles. The van der Waals surface area contributed by atoms with Crippen molar-refractivity contribution < 1.29 is 72.5 Å². The molecule has 11 rings (SSSR count). The maximum atomic E-state index is 14.1. The molecule has 2 aliphatic heterocycles. The number of carbonyl (C=O) groups excluding carboxylic acids is 10. The fourth-order valence-electron chi connectivity index (χ4n) is 11.3. The number of alkyl halides is 1. The standard InChI is InChI=1S/C40H35ClN4O5.C27H30N8O9.CO2/c1-22(46)50-38-18-36-39(31-6-4-3-5-30(31)38)27(19-41)20-45(36)40(49)35-16-26-12-24(8-10-33(26)43-35)14-37(48)34-15-25-11-23(7-9-32(25)42-34)13-29(47)17-28-21-44(28)2;1-13(36)15(9-21(39)40)8-19(37)18(10-22(41)42)33-20(38)6-7-29-25(43)14-2-4-16(5-3-14)30-11-17-12-31-24-23(32-17)26(44)35-27(28)34-24;2-1-3/h3-12,15-16,18,27-28,42-43H,13-14,17,19-21H2,1-2H3;2-5,12,15,18,30H,6-11H2,1H3,(H,29,43)(H,33,38)(H,39,40)(H,41,42)(H3,28,31,34,35,44);/t;15-,18-;/m.0./s1. The van der Waals surface area contributed by atoms with Crippen LogP contribution < -0.4 is 36.9 Å². The highest BCUT2D eigenvalue weighted by molar-refractivity contribution is 6.19. The third kappa shape index (κ3) is 17.8. The minimum absolute atomic E-state index is 0.0422. The van der Waals surface area contributed by atoms with Gasteiger partial charge in [-0.1, -0.05) is 36.4 Å². The zero-order valence-corrected chi connectivity index (χ0v) is 53.2. The minimum atomic E-state index is -1.47. The number of benzene rings is 5. The Labute approximate surface area is 555 Å². The minimum Gasteiger partial charge on any atom is -0.481 e. The SMILES string of the molecule is CC(=O)Oc1cc2c(c3ccccc13)C(CCl)CN2C(=O)c1cc2cc(CC(=O)c3cc4cc(CC(=O)CC5CN5C)ccc4[nH]3)ccc2[nH]1.CC(=O)[C@H](CC(=O)O)CC(=O)[C@H](CC(=O)O)NC(=O)CCNC(=O)c1ccc(NCc2cnc3nc(N)[nH]c(=O)c3n2)cc1.O=C=O. The molecule has 0 spiro atoms. The number of nitrogens with two attached hydrogens (primary N) is 1. The van der Waals surface area contributed by atoms with Crippen LogP contribution in [0.2, 0.25) is 0 Å². The lowest BCUT2D eigenvalue weighted by Gasteiger charge is -2.18. The summed E-state index contributed by atoms with van der Waals surface area (Å²) in [7, 11) is 2.02. The molecule has 9 aromatic rings. The van der Waals surface area contributed by atoms with Crippen LogP contribution in [-0.2, 0) is 62.5 Å². The second-order valence-electron chi connectivity index (χ2n) is 23.3. The zero-order valence-electron chi connectivity index (χ0n) is 52.5. The number of carboxylic acids is 2. The fraction of sp³-hybridized carbons (Fsp3) is 0.279. The van der Waals surface area contributed by atoms with Crippen molar-refractivity contribution in [3.05, 3.63) is 159 Å². The van der Waals surface area contributed by atoms with Gasteiger partial charge in [0.25, 0.3) is 17.4 Å². The number of Topliss-reactive ketones (excluding diaryl/α,β-unsaturated/α-hetero) is 4. The summed E-state index contributed by atoms with van der Waals surface area (Å²) in [5.41, 5.74) is 12.5. The van der Waals surface area contributed by atoms with Crippen molar-refractivity contribution in [2.24, 2.45) is 5.92 Å². The second-order valence-corrected chi connectivity index (χ2v) is 23.6.